The Hall–Kier alpha value is -1.43. The molecule has 0 spiro atoms. The van der Waals surface area contributed by atoms with Gasteiger partial charge in [0.2, 0.25) is 0 Å². The van der Waals surface area contributed by atoms with Crippen LogP contribution in [0.2, 0.25) is 18.1 Å². The van der Waals surface area contributed by atoms with E-state index in [0.717, 1.165) is 24.0 Å². The molecule has 1 saturated carbocycles. The first-order valence-electron chi connectivity index (χ1n) is 11.8. The van der Waals surface area contributed by atoms with Gasteiger partial charge >= 0.3 is 0 Å². The summed E-state index contributed by atoms with van der Waals surface area (Å²) < 4.78 is 6.88. The first kappa shape index (κ1) is 24.2. The van der Waals surface area contributed by atoms with Crippen LogP contribution in [0.3, 0.4) is 0 Å². The predicted octanol–water partition coefficient (Wildman–Crippen LogP) is 5.68. The summed E-state index contributed by atoms with van der Waals surface area (Å²) in [6.45, 7) is 16.6. The van der Waals surface area contributed by atoms with Crippen molar-refractivity contribution in [2.75, 3.05) is 6.54 Å². The van der Waals surface area contributed by atoms with E-state index in [9.17, 15) is 9.90 Å². The summed E-state index contributed by atoms with van der Waals surface area (Å²) in [7, 11) is -2.00. The van der Waals surface area contributed by atoms with Crippen molar-refractivity contribution in [2.24, 2.45) is 5.92 Å². The lowest BCUT2D eigenvalue weighted by Crippen LogP contribution is -2.66. The maximum atomic E-state index is 12.9. The van der Waals surface area contributed by atoms with Gasteiger partial charge < -0.3 is 14.4 Å². The van der Waals surface area contributed by atoms with Crippen LogP contribution in [0.1, 0.15) is 64.9 Å². The molecule has 1 aliphatic heterocycles. The van der Waals surface area contributed by atoms with Gasteiger partial charge in [0, 0.05) is 13.0 Å². The number of carbonyl (C=O) groups excluding carboxylic acids is 1. The highest BCUT2D eigenvalue weighted by Gasteiger charge is 2.52. The second-order valence-electron chi connectivity index (χ2n) is 11.2. The van der Waals surface area contributed by atoms with E-state index in [1.165, 1.54) is 19.3 Å². The SMILES string of the molecule is C=C(C[C@]1(O)CN(Cc2ccccc2)C1=O)C(O[Si](C)(C)C(C)(C)C)C1CCCCC1. The molecule has 0 bridgehead atoms. The Morgan fingerprint density at radius 2 is 1.84 bits per heavy atom. The van der Waals surface area contributed by atoms with Gasteiger partial charge in [0.25, 0.3) is 5.91 Å². The average Bonchev–Trinajstić information content (AvgIpc) is 2.72. The molecule has 2 fully saturated rings. The molecule has 1 saturated heterocycles. The minimum Gasteiger partial charge on any atom is -0.410 e. The van der Waals surface area contributed by atoms with Gasteiger partial charge in [-0.05, 0) is 48.0 Å². The molecule has 1 amide bonds. The minimum atomic E-state index is -2.00. The number of carbonyl (C=O) groups is 1. The van der Waals surface area contributed by atoms with Gasteiger partial charge in [-0.3, -0.25) is 4.79 Å². The van der Waals surface area contributed by atoms with E-state index in [2.05, 4.69) is 40.4 Å². The molecule has 1 aliphatic carbocycles. The Morgan fingerprint density at radius 3 is 2.39 bits per heavy atom. The maximum absolute atomic E-state index is 12.9. The molecule has 0 aromatic heterocycles. The number of benzene rings is 1. The smallest absolute Gasteiger partial charge is 0.257 e. The first-order valence-corrected chi connectivity index (χ1v) is 14.7. The number of nitrogens with zero attached hydrogens (tertiary/aromatic N) is 1. The zero-order chi connectivity index (χ0) is 22.9. The summed E-state index contributed by atoms with van der Waals surface area (Å²) >= 11 is 0. The Morgan fingerprint density at radius 1 is 1.23 bits per heavy atom. The highest BCUT2D eigenvalue weighted by Crippen LogP contribution is 2.43. The topological polar surface area (TPSA) is 49.8 Å². The summed E-state index contributed by atoms with van der Waals surface area (Å²) in [5.41, 5.74) is 0.639. The fraction of sp³-hybridized carbons (Fsp3) is 0.654. The molecule has 31 heavy (non-hydrogen) atoms. The van der Waals surface area contributed by atoms with E-state index in [1.54, 1.807) is 4.90 Å². The van der Waals surface area contributed by atoms with Crippen molar-refractivity contribution < 1.29 is 14.3 Å². The Balaban J connectivity index is 1.69. The zero-order valence-corrected chi connectivity index (χ0v) is 21.1. The number of amides is 1. The lowest BCUT2D eigenvalue weighted by Gasteiger charge is -2.48. The summed E-state index contributed by atoms with van der Waals surface area (Å²) in [6, 6.07) is 9.93. The highest BCUT2D eigenvalue weighted by atomic mass is 28.4. The van der Waals surface area contributed by atoms with Gasteiger partial charge in [0.05, 0.1) is 12.6 Å². The third kappa shape index (κ3) is 5.50. The van der Waals surface area contributed by atoms with Crippen LogP contribution in [-0.4, -0.2) is 42.5 Å². The van der Waals surface area contributed by atoms with Crippen molar-refractivity contribution in [3.8, 4) is 0 Å². The lowest BCUT2D eigenvalue weighted by atomic mass is 9.78. The third-order valence-electron chi connectivity index (χ3n) is 7.58. The highest BCUT2D eigenvalue weighted by molar-refractivity contribution is 6.74. The molecule has 5 heteroatoms. The van der Waals surface area contributed by atoms with Crippen LogP contribution in [0, 0.1) is 5.92 Å². The molecule has 1 aromatic carbocycles. The molecule has 0 radical (unpaired) electrons. The number of hydrogen-bond donors (Lipinski definition) is 1. The van der Waals surface area contributed by atoms with E-state index in [-0.39, 0.29) is 17.0 Å². The van der Waals surface area contributed by atoms with E-state index < -0.39 is 13.9 Å². The van der Waals surface area contributed by atoms with E-state index in [1.807, 2.05) is 30.3 Å². The van der Waals surface area contributed by atoms with Crippen molar-refractivity contribution in [3.05, 3.63) is 48.0 Å². The van der Waals surface area contributed by atoms with Crippen LogP contribution in [0.5, 0.6) is 0 Å². The molecule has 1 unspecified atom stereocenters. The molecular formula is C26H41NO3Si. The molecule has 3 rings (SSSR count). The molecule has 2 atom stereocenters. The summed E-state index contributed by atoms with van der Waals surface area (Å²) in [6.07, 6.45) is 6.25. The predicted molar refractivity (Wildman–Crippen MR) is 129 cm³/mol. The van der Waals surface area contributed by atoms with E-state index >= 15 is 0 Å². The quantitative estimate of drug-likeness (QED) is 0.320. The molecular weight excluding hydrogens is 402 g/mol. The van der Waals surface area contributed by atoms with Crippen molar-refractivity contribution in [3.63, 3.8) is 0 Å². The van der Waals surface area contributed by atoms with Crippen molar-refractivity contribution in [1.82, 2.24) is 4.90 Å². The fourth-order valence-electron chi connectivity index (χ4n) is 4.64. The van der Waals surface area contributed by atoms with Crippen LogP contribution >= 0.6 is 0 Å². The average molecular weight is 444 g/mol. The van der Waals surface area contributed by atoms with Crippen LogP contribution in [0.25, 0.3) is 0 Å². The summed E-state index contributed by atoms with van der Waals surface area (Å²) in [5, 5.41) is 11.2. The fourth-order valence-corrected chi connectivity index (χ4v) is 5.99. The van der Waals surface area contributed by atoms with Crippen LogP contribution < -0.4 is 0 Å². The number of hydrogen-bond acceptors (Lipinski definition) is 3. The molecule has 1 N–H and O–H groups in total. The third-order valence-corrected chi connectivity index (χ3v) is 12.0. The lowest BCUT2D eigenvalue weighted by molar-refractivity contribution is -0.176. The second kappa shape index (κ2) is 9.20. The molecule has 1 heterocycles. The van der Waals surface area contributed by atoms with Gasteiger partial charge in [0.1, 0.15) is 0 Å². The summed E-state index contributed by atoms with van der Waals surface area (Å²) in [5.74, 6) is 0.252. The molecule has 2 aliphatic rings. The van der Waals surface area contributed by atoms with Crippen molar-refractivity contribution >= 4 is 14.2 Å². The van der Waals surface area contributed by atoms with Crippen LogP contribution in [-0.2, 0) is 15.8 Å². The maximum Gasteiger partial charge on any atom is 0.257 e. The molecule has 1 aromatic rings. The van der Waals surface area contributed by atoms with Gasteiger partial charge in [-0.15, -0.1) is 0 Å². The van der Waals surface area contributed by atoms with Gasteiger partial charge in [-0.1, -0.05) is 76.9 Å². The summed E-state index contributed by atoms with van der Waals surface area (Å²) in [4.78, 5) is 14.6. The van der Waals surface area contributed by atoms with Crippen LogP contribution in [0.15, 0.2) is 42.5 Å². The Kier molecular flexibility index (Phi) is 7.19. The Labute approximate surface area is 189 Å². The van der Waals surface area contributed by atoms with E-state index in [4.69, 9.17) is 4.43 Å². The number of rotatable bonds is 8. The van der Waals surface area contributed by atoms with Crippen LogP contribution in [0.4, 0.5) is 0 Å². The first-order chi connectivity index (χ1) is 14.4. The van der Waals surface area contributed by atoms with Gasteiger partial charge in [0.15, 0.2) is 13.9 Å². The number of aliphatic hydroxyl groups is 1. The number of likely N-dealkylation sites (tertiary alicyclic amines) is 1. The number of β-amino-alcohol motifs (C(OH)–C–C–N with tert-alkyl or cyclic N) is 1. The van der Waals surface area contributed by atoms with Gasteiger partial charge in [-0.25, -0.2) is 0 Å². The van der Waals surface area contributed by atoms with Gasteiger partial charge in [-0.2, -0.15) is 0 Å². The molecule has 172 valence electrons. The van der Waals surface area contributed by atoms with Crippen molar-refractivity contribution in [2.45, 2.75) is 95.7 Å². The Bertz CT molecular complexity index is 780. The minimum absolute atomic E-state index is 0.0683. The van der Waals surface area contributed by atoms with E-state index in [0.29, 0.717) is 25.4 Å². The normalized spacial score (nSPS) is 24.1. The second-order valence-corrected chi connectivity index (χ2v) is 16.0. The van der Waals surface area contributed by atoms with Crippen molar-refractivity contribution in [1.29, 1.82) is 0 Å². The largest absolute Gasteiger partial charge is 0.410 e. The standard InChI is InChI=1S/C26H41NO3Si/c1-20(17-26(29)19-27(24(26)28)18-21-13-9-7-10-14-21)23(22-15-11-8-12-16-22)30-31(5,6)25(2,3)4/h7,9-10,13-14,22-23,29H,1,8,11-12,15-19H2,2-6H3/t23?,26-/m0/s1. The zero-order valence-electron chi connectivity index (χ0n) is 20.1. The monoisotopic (exact) mass is 443 g/mol. The number of β-lactam (4-membered cyclic amide) rings is 1. The molecule has 4 nitrogen and oxygen atoms in total.